The number of hydrogen-bond donors (Lipinski definition) is 2. The third kappa shape index (κ3) is 5.60. The molecule has 0 spiro atoms. The van der Waals surface area contributed by atoms with Crippen LogP contribution in [0, 0.1) is 0 Å². The highest BCUT2D eigenvalue weighted by Gasteiger charge is 2.26. The number of benzene rings is 1. The average molecular weight is 455 g/mol. The van der Waals surface area contributed by atoms with Gasteiger partial charge in [-0.15, -0.1) is 12.4 Å². The van der Waals surface area contributed by atoms with Crippen molar-refractivity contribution < 1.29 is 19.2 Å². The van der Waals surface area contributed by atoms with Gasteiger partial charge in [0.25, 0.3) is 5.91 Å². The van der Waals surface area contributed by atoms with Crippen molar-refractivity contribution in [1.82, 2.24) is 20.3 Å². The summed E-state index contributed by atoms with van der Waals surface area (Å²) in [4.78, 5) is 34.4. The standard InChI is InChI=1S/C23H22N4O4.ClH/c28-21(26-30)10-8-17-4-3-5-18(24-17)9-11-22(29)27-14-12-16(13-15-27)23-25-19-6-1-2-7-20(19)31-23;/h1-11,16,30H,12-15H2,(H,26,28);1H/b10-8+,11-9+;. The summed E-state index contributed by atoms with van der Waals surface area (Å²) < 4.78 is 5.88. The van der Waals surface area contributed by atoms with Crippen molar-refractivity contribution in [3.8, 4) is 0 Å². The van der Waals surface area contributed by atoms with E-state index in [4.69, 9.17) is 9.62 Å². The van der Waals surface area contributed by atoms with Gasteiger partial charge in [0.05, 0.1) is 11.4 Å². The third-order valence-electron chi connectivity index (χ3n) is 5.17. The number of nitrogens with zero attached hydrogens (tertiary/aromatic N) is 3. The Kier molecular flexibility index (Phi) is 7.75. The van der Waals surface area contributed by atoms with Gasteiger partial charge in [-0.05, 0) is 49.3 Å². The molecule has 3 aromatic rings. The molecule has 0 bridgehead atoms. The molecule has 0 saturated carbocycles. The fraction of sp³-hybridized carbons (Fsp3) is 0.217. The van der Waals surface area contributed by atoms with Crippen molar-refractivity contribution >= 4 is 47.5 Å². The summed E-state index contributed by atoms with van der Waals surface area (Å²) in [5.74, 6) is 0.243. The molecule has 1 fully saturated rings. The molecule has 166 valence electrons. The molecule has 0 atom stereocenters. The first kappa shape index (κ1) is 23.2. The van der Waals surface area contributed by atoms with Crippen LogP contribution in [0.3, 0.4) is 0 Å². The highest BCUT2D eigenvalue weighted by atomic mass is 35.5. The average Bonchev–Trinajstić information content (AvgIpc) is 3.26. The van der Waals surface area contributed by atoms with Crippen LogP contribution in [0.1, 0.15) is 36.0 Å². The second-order valence-electron chi connectivity index (χ2n) is 7.25. The van der Waals surface area contributed by atoms with Crippen molar-refractivity contribution in [2.45, 2.75) is 18.8 Å². The molecule has 0 aliphatic carbocycles. The maximum absolute atomic E-state index is 12.6. The van der Waals surface area contributed by atoms with E-state index in [9.17, 15) is 9.59 Å². The second kappa shape index (κ2) is 10.7. The van der Waals surface area contributed by atoms with Gasteiger partial charge in [-0.2, -0.15) is 0 Å². The van der Waals surface area contributed by atoms with Gasteiger partial charge in [-0.25, -0.2) is 15.4 Å². The number of fused-ring (bicyclic) bond motifs is 1. The minimum absolute atomic E-state index is 0. The Morgan fingerprint density at radius 1 is 1.00 bits per heavy atom. The normalized spacial score (nSPS) is 14.7. The van der Waals surface area contributed by atoms with Crippen LogP contribution in [-0.4, -0.2) is 45.0 Å². The zero-order chi connectivity index (χ0) is 21.6. The van der Waals surface area contributed by atoms with Crippen LogP contribution in [-0.2, 0) is 9.59 Å². The van der Waals surface area contributed by atoms with Crippen molar-refractivity contribution in [2.75, 3.05) is 13.1 Å². The van der Waals surface area contributed by atoms with Crippen molar-refractivity contribution in [2.24, 2.45) is 0 Å². The predicted molar refractivity (Wildman–Crippen MR) is 122 cm³/mol. The molecule has 0 radical (unpaired) electrons. The molecule has 1 aromatic carbocycles. The summed E-state index contributed by atoms with van der Waals surface area (Å²) in [6.45, 7) is 1.28. The predicted octanol–water partition coefficient (Wildman–Crippen LogP) is 3.58. The number of halogens is 1. The lowest BCUT2D eigenvalue weighted by molar-refractivity contribution is -0.127. The van der Waals surface area contributed by atoms with Crippen LogP contribution < -0.4 is 5.48 Å². The zero-order valence-electron chi connectivity index (χ0n) is 17.2. The van der Waals surface area contributed by atoms with Crippen LogP contribution in [0.5, 0.6) is 0 Å². The molecule has 1 aliphatic rings. The van der Waals surface area contributed by atoms with E-state index >= 15 is 0 Å². The maximum atomic E-state index is 12.6. The topological polar surface area (TPSA) is 109 Å². The Balaban J connectivity index is 0.00000289. The number of pyridine rings is 1. The SMILES string of the molecule is Cl.O=C(/C=C/c1cccc(/C=C/C(=O)N2CCC(c3nc4ccccc4o3)CC2)n1)NO. The van der Waals surface area contributed by atoms with E-state index in [0.29, 0.717) is 24.5 Å². The number of rotatable bonds is 5. The van der Waals surface area contributed by atoms with Crippen molar-refractivity contribution in [3.05, 3.63) is 71.9 Å². The molecule has 3 heterocycles. The van der Waals surface area contributed by atoms with Gasteiger partial charge in [0.2, 0.25) is 5.91 Å². The molecule has 9 heteroatoms. The number of carbonyl (C=O) groups excluding carboxylic acids is 2. The van der Waals surface area contributed by atoms with Gasteiger partial charge in [0, 0.05) is 31.2 Å². The van der Waals surface area contributed by atoms with Crippen LogP contribution in [0.4, 0.5) is 0 Å². The fourth-order valence-corrected chi connectivity index (χ4v) is 3.53. The maximum Gasteiger partial charge on any atom is 0.267 e. The first-order chi connectivity index (χ1) is 15.1. The van der Waals surface area contributed by atoms with Crippen molar-refractivity contribution in [1.29, 1.82) is 0 Å². The first-order valence-corrected chi connectivity index (χ1v) is 10.0. The minimum Gasteiger partial charge on any atom is -0.440 e. The van der Waals surface area contributed by atoms with Gasteiger partial charge in [0.15, 0.2) is 11.5 Å². The van der Waals surface area contributed by atoms with Gasteiger partial charge in [-0.3, -0.25) is 14.8 Å². The number of aromatic nitrogens is 2. The number of oxazole rings is 1. The van der Waals surface area contributed by atoms with Gasteiger partial charge >= 0.3 is 0 Å². The number of likely N-dealkylation sites (tertiary alicyclic amines) is 1. The molecule has 2 aromatic heterocycles. The first-order valence-electron chi connectivity index (χ1n) is 10.0. The Morgan fingerprint density at radius 3 is 2.38 bits per heavy atom. The van der Waals surface area contributed by atoms with Crippen LogP contribution in [0.15, 0.2) is 59.0 Å². The van der Waals surface area contributed by atoms with E-state index in [-0.39, 0.29) is 24.2 Å². The molecule has 4 rings (SSSR count). The number of amides is 2. The smallest absolute Gasteiger partial charge is 0.267 e. The van der Waals surface area contributed by atoms with E-state index in [2.05, 4.69) is 9.97 Å². The Labute approximate surface area is 191 Å². The number of hydrogen-bond acceptors (Lipinski definition) is 6. The number of para-hydroxylation sites is 2. The molecular formula is C23H23ClN4O4. The Hall–Kier alpha value is -3.49. The molecular weight excluding hydrogens is 432 g/mol. The van der Waals surface area contributed by atoms with Gasteiger partial charge in [0.1, 0.15) is 5.52 Å². The summed E-state index contributed by atoms with van der Waals surface area (Å²) in [6, 6.07) is 13.0. The van der Waals surface area contributed by atoms with Crippen LogP contribution >= 0.6 is 12.4 Å². The molecule has 1 aliphatic heterocycles. The molecule has 1 saturated heterocycles. The van der Waals surface area contributed by atoms with Crippen LogP contribution in [0.25, 0.3) is 23.3 Å². The summed E-state index contributed by atoms with van der Waals surface area (Å²) in [5, 5.41) is 8.52. The minimum atomic E-state index is -0.640. The van der Waals surface area contributed by atoms with E-state index in [0.717, 1.165) is 29.8 Å². The molecule has 32 heavy (non-hydrogen) atoms. The number of nitrogens with one attached hydrogen (secondary N) is 1. The van der Waals surface area contributed by atoms with E-state index < -0.39 is 5.91 Å². The fourth-order valence-electron chi connectivity index (χ4n) is 3.53. The zero-order valence-corrected chi connectivity index (χ0v) is 18.0. The molecule has 0 unspecified atom stereocenters. The lowest BCUT2D eigenvalue weighted by Crippen LogP contribution is -2.36. The molecule has 2 amide bonds. The lowest BCUT2D eigenvalue weighted by atomic mass is 9.96. The summed E-state index contributed by atoms with van der Waals surface area (Å²) in [5.41, 5.74) is 4.31. The highest BCUT2D eigenvalue weighted by Crippen LogP contribution is 2.30. The van der Waals surface area contributed by atoms with E-state index in [1.807, 2.05) is 29.2 Å². The van der Waals surface area contributed by atoms with Gasteiger partial charge in [-0.1, -0.05) is 18.2 Å². The lowest BCUT2D eigenvalue weighted by Gasteiger charge is -2.29. The second-order valence-corrected chi connectivity index (χ2v) is 7.25. The monoisotopic (exact) mass is 454 g/mol. The van der Waals surface area contributed by atoms with E-state index in [1.54, 1.807) is 24.3 Å². The Morgan fingerprint density at radius 2 is 1.69 bits per heavy atom. The quantitative estimate of drug-likeness (QED) is 0.346. The largest absolute Gasteiger partial charge is 0.440 e. The summed E-state index contributed by atoms with van der Waals surface area (Å²) in [7, 11) is 0. The summed E-state index contributed by atoms with van der Waals surface area (Å²) >= 11 is 0. The summed E-state index contributed by atoms with van der Waals surface area (Å²) in [6.07, 6.45) is 7.41. The van der Waals surface area contributed by atoms with Crippen molar-refractivity contribution in [3.63, 3.8) is 0 Å². The number of hydroxylamine groups is 1. The molecule has 8 nitrogen and oxygen atoms in total. The Bertz CT molecular complexity index is 1120. The third-order valence-corrected chi connectivity index (χ3v) is 5.17. The van der Waals surface area contributed by atoms with Crippen LogP contribution in [0.2, 0.25) is 0 Å². The van der Waals surface area contributed by atoms with E-state index in [1.165, 1.54) is 23.7 Å². The molecule has 2 N–H and O–H groups in total. The number of piperidine rings is 1. The highest BCUT2D eigenvalue weighted by molar-refractivity contribution is 5.92. The number of carbonyl (C=O) groups is 2. The van der Waals surface area contributed by atoms with Gasteiger partial charge < -0.3 is 9.32 Å².